The summed E-state index contributed by atoms with van der Waals surface area (Å²) in [6.45, 7) is 1.35. The van der Waals surface area contributed by atoms with Crippen LogP contribution in [0.25, 0.3) is 10.8 Å². The van der Waals surface area contributed by atoms with Gasteiger partial charge in [0.1, 0.15) is 24.0 Å². The van der Waals surface area contributed by atoms with Gasteiger partial charge in [0.25, 0.3) is 5.91 Å². The van der Waals surface area contributed by atoms with Gasteiger partial charge in [0.15, 0.2) is 0 Å². The lowest BCUT2D eigenvalue weighted by Crippen LogP contribution is -2.42. The molecule has 4 rings (SSSR count). The molecule has 0 unspecified atom stereocenters. The fourth-order valence-corrected chi connectivity index (χ4v) is 3.65. The van der Waals surface area contributed by atoms with Gasteiger partial charge >= 0.3 is 6.03 Å². The Morgan fingerprint density at radius 2 is 1.81 bits per heavy atom. The van der Waals surface area contributed by atoms with Crippen LogP contribution in [0.5, 0.6) is 5.75 Å². The van der Waals surface area contributed by atoms with Gasteiger partial charge in [0.2, 0.25) is 0 Å². The predicted molar refractivity (Wildman–Crippen MR) is 114 cm³/mol. The van der Waals surface area contributed by atoms with E-state index in [1.807, 2.05) is 48.5 Å². The molecule has 0 spiro atoms. The molecule has 7 nitrogen and oxygen atoms in total. The molecule has 1 saturated heterocycles. The van der Waals surface area contributed by atoms with Crippen molar-refractivity contribution in [2.75, 3.05) is 13.2 Å². The Balaban J connectivity index is 1.41. The van der Waals surface area contributed by atoms with E-state index >= 15 is 0 Å². The van der Waals surface area contributed by atoms with E-state index in [2.05, 4.69) is 5.32 Å². The zero-order valence-corrected chi connectivity index (χ0v) is 16.9. The van der Waals surface area contributed by atoms with E-state index < -0.39 is 23.6 Å². The second-order valence-corrected chi connectivity index (χ2v) is 7.63. The molecule has 0 radical (unpaired) electrons. The van der Waals surface area contributed by atoms with E-state index in [0.29, 0.717) is 16.9 Å². The monoisotopic (exact) mass is 415 g/mol. The molecule has 1 fully saturated rings. The maximum absolute atomic E-state index is 13.0. The number of rotatable bonds is 6. The van der Waals surface area contributed by atoms with E-state index in [0.717, 1.165) is 15.7 Å². The Morgan fingerprint density at radius 1 is 1.10 bits per heavy atom. The standard InChI is InChI=1S/C24H21N3O4/c1-24(19-9-6-16(13-25)7-10-19)22(29)27(23(30)26-24)14-20(28)15-31-21-11-8-17-4-2-3-5-18(17)12-21/h2-12,20,28H,14-15H2,1H3,(H,26,30)/t20-,24-/m1/s1. The van der Waals surface area contributed by atoms with E-state index in [1.165, 1.54) is 0 Å². The first kappa shape index (κ1) is 20.4. The SMILES string of the molecule is C[C@]1(c2ccc(C#N)cc2)NC(=O)N(C[C@@H](O)COc2ccc3ccccc3c2)C1=O. The summed E-state index contributed by atoms with van der Waals surface area (Å²) in [5, 5.41) is 24.1. The number of aliphatic hydroxyl groups is 1. The molecule has 156 valence electrons. The Morgan fingerprint density at radius 3 is 2.52 bits per heavy atom. The van der Waals surface area contributed by atoms with Gasteiger partial charge in [0.05, 0.1) is 18.2 Å². The molecule has 3 amide bonds. The van der Waals surface area contributed by atoms with Crippen molar-refractivity contribution in [1.29, 1.82) is 5.26 Å². The number of hydrogen-bond donors (Lipinski definition) is 2. The number of benzene rings is 3. The van der Waals surface area contributed by atoms with Crippen LogP contribution in [0.3, 0.4) is 0 Å². The Hall–Kier alpha value is -3.89. The minimum absolute atomic E-state index is 0.0665. The molecule has 2 atom stereocenters. The molecule has 0 aromatic heterocycles. The third-order valence-electron chi connectivity index (χ3n) is 5.42. The number of amides is 3. The average molecular weight is 415 g/mol. The molecule has 7 heteroatoms. The van der Waals surface area contributed by atoms with Crippen molar-refractivity contribution in [2.45, 2.75) is 18.6 Å². The van der Waals surface area contributed by atoms with Crippen LogP contribution in [0.2, 0.25) is 0 Å². The van der Waals surface area contributed by atoms with Crippen molar-refractivity contribution in [2.24, 2.45) is 0 Å². The Bertz CT molecular complexity index is 1190. The van der Waals surface area contributed by atoms with Crippen LogP contribution < -0.4 is 10.1 Å². The molecule has 3 aromatic carbocycles. The van der Waals surface area contributed by atoms with Crippen LogP contribution in [-0.2, 0) is 10.3 Å². The van der Waals surface area contributed by atoms with Crippen molar-refractivity contribution in [3.8, 4) is 11.8 Å². The zero-order chi connectivity index (χ0) is 22.0. The highest BCUT2D eigenvalue weighted by Gasteiger charge is 2.49. The summed E-state index contributed by atoms with van der Waals surface area (Å²) >= 11 is 0. The zero-order valence-electron chi connectivity index (χ0n) is 16.9. The third kappa shape index (κ3) is 3.93. The van der Waals surface area contributed by atoms with Gasteiger partial charge in [0, 0.05) is 0 Å². The number of aliphatic hydroxyl groups excluding tert-OH is 1. The summed E-state index contributed by atoms with van der Waals surface area (Å²) in [5.74, 6) is 0.129. The number of fused-ring (bicyclic) bond motifs is 1. The summed E-state index contributed by atoms with van der Waals surface area (Å²) < 4.78 is 5.67. The number of nitriles is 1. The highest BCUT2D eigenvalue weighted by atomic mass is 16.5. The largest absolute Gasteiger partial charge is 0.491 e. The van der Waals surface area contributed by atoms with Crippen LogP contribution in [0.15, 0.2) is 66.7 Å². The molecule has 2 N–H and O–H groups in total. The average Bonchev–Trinajstić information content (AvgIpc) is 3.01. The maximum atomic E-state index is 13.0. The molecule has 0 bridgehead atoms. The number of ether oxygens (including phenoxy) is 1. The maximum Gasteiger partial charge on any atom is 0.325 e. The summed E-state index contributed by atoms with van der Waals surface area (Å²) in [4.78, 5) is 26.4. The van der Waals surface area contributed by atoms with E-state index in [4.69, 9.17) is 10.00 Å². The van der Waals surface area contributed by atoms with Crippen LogP contribution in [0.1, 0.15) is 18.1 Å². The summed E-state index contributed by atoms with van der Waals surface area (Å²) in [5.41, 5.74) is -0.235. The normalized spacial score (nSPS) is 19.2. The van der Waals surface area contributed by atoms with Gasteiger partial charge in [-0.25, -0.2) is 4.79 Å². The van der Waals surface area contributed by atoms with Gasteiger partial charge in [-0.2, -0.15) is 5.26 Å². The lowest BCUT2D eigenvalue weighted by Gasteiger charge is -2.23. The van der Waals surface area contributed by atoms with Crippen molar-refractivity contribution < 1.29 is 19.4 Å². The molecular formula is C24H21N3O4. The van der Waals surface area contributed by atoms with Crippen LogP contribution in [0, 0.1) is 11.3 Å². The number of carbonyl (C=O) groups is 2. The summed E-state index contributed by atoms with van der Waals surface area (Å²) in [6.07, 6.45) is -1.05. The number of hydrogen-bond acceptors (Lipinski definition) is 5. The van der Waals surface area contributed by atoms with E-state index in [-0.39, 0.29) is 13.2 Å². The number of carbonyl (C=O) groups excluding carboxylic acids is 2. The lowest BCUT2D eigenvalue weighted by molar-refractivity contribution is -0.132. The topological polar surface area (TPSA) is 103 Å². The van der Waals surface area contributed by atoms with Crippen LogP contribution in [0.4, 0.5) is 4.79 Å². The van der Waals surface area contributed by atoms with E-state index in [1.54, 1.807) is 31.2 Å². The highest BCUT2D eigenvalue weighted by molar-refractivity contribution is 6.07. The molecular weight excluding hydrogens is 394 g/mol. The molecule has 31 heavy (non-hydrogen) atoms. The van der Waals surface area contributed by atoms with Crippen molar-refractivity contribution >= 4 is 22.7 Å². The molecule has 1 heterocycles. The van der Waals surface area contributed by atoms with Crippen molar-refractivity contribution in [3.05, 3.63) is 77.9 Å². The summed E-state index contributed by atoms with van der Waals surface area (Å²) in [6, 6.07) is 21.4. The molecule has 1 aliphatic rings. The van der Waals surface area contributed by atoms with Gasteiger partial charge in [-0.1, -0.05) is 42.5 Å². The first-order valence-electron chi connectivity index (χ1n) is 9.85. The Labute approximate surface area is 179 Å². The minimum Gasteiger partial charge on any atom is -0.491 e. The first-order chi connectivity index (χ1) is 14.9. The first-order valence-corrected chi connectivity index (χ1v) is 9.85. The Kier molecular flexibility index (Phi) is 5.32. The van der Waals surface area contributed by atoms with Gasteiger partial charge < -0.3 is 15.2 Å². The number of imide groups is 1. The number of nitrogens with one attached hydrogen (secondary N) is 1. The third-order valence-corrected chi connectivity index (χ3v) is 5.42. The van der Waals surface area contributed by atoms with E-state index in [9.17, 15) is 14.7 Å². The number of urea groups is 1. The molecule has 1 aliphatic heterocycles. The molecule has 0 aliphatic carbocycles. The summed E-state index contributed by atoms with van der Waals surface area (Å²) in [7, 11) is 0. The lowest BCUT2D eigenvalue weighted by atomic mass is 9.91. The van der Waals surface area contributed by atoms with Gasteiger partial charge in [-0.05, 0) is 47.5 Å². The molecule has 0 saturated carbocycles. The predicted octanol–water partition coefficient (Wildman–Crippen LogP) is 2.92. The fraction of sp³-hybridized carbons (Fsp3) is 0.208. The second kappa shape index (κ2) is 8.09. The van der Waals surface area contributed by atoms with Gasteiger partial charge in [-0.3, -0.25) is 9.69 Å². The smallest absolute Gasteiger partial charge is 0.325 e. The number of nitrogens with zero attached hydrogens (tertiary/aromatic N) is 2. The van der Waals surface area contributed by atoms with Crippen molar-refractivity contribution in [1.82, 2.24) is 10.2 Å². The quantitative estimate of drug-likeness (QED) is 0.603. The van der Waals surface area contributed by atoms with Crippen LogP contribution >= 0.6 is 0 Å². The highest BCUT2D eigenvalue weighted by Crippen LogP contribution is 2.29. The number of β-amino-alcohol motifs (C(OH)–C–C–N with tert-alkyl or cyclic N) is 1. The fourth-order valence-electron chi connectivity index (χ4n) is 3.65. The minimum atomic E-state index is -1.26. The van der Waals surface area contributed by atoms with Crippen LogP contribution in [-0.4, -0.2) is 41.2 Å². The molecule has 3 aromatic rings. The van der Waals surface area contributed by atoms with Crippen molar-refractivity contribution in [3.63, 3.8) is 0 Å². The van der Waals surface area contributed by atoms with Gasteiger partial charge in [-0.15, -0.1) is 0 Å². The second-order valence-electron chi connectivity index (χ2n) is 7.63.